The van der Waals surface area contributed by atoms with Gasteiger partial charge in [-0.05, 0) is 5.92 Å². The zero-order chi connectivity index (χ0) is 8.15. The topological polar surface area (TPSA) is 42.3 Å². The third kappa shape index (κ3) is 2.35. The summed E-state index contributed by atoms with van der Waals surface area (Å²) in [5.41, 5.74) is 0. The standard InChI is InChI=1S/C7H15NO2/c1-5(2)6(9-3)7(8)10-4/h5-6,8H,1-4H3. The Kier molecular flexibility index (Phi) is 4.03. The third-order valence-corrected chi connectivity index (χ3v) is 1.34. The number of nitrogens with one attached hydrogen (secondary N) is 1. The van der Waals surface area contributed by atoms with Crippen molar-refractivity contribution < 1.29 is 9.47 Å². The van der Waals surface area contributed by atoms with Crippen molar-refractivity contribution in [1.82, 2.24) is 0 Å². The van der Waals surface area contributed by atoms with E-state index in [0.29, 0.717) is 0 Å². The van der Waals surface area contributed by atoms with E-state index in [1.807, 2.05) is 13.8 Å². The largest absolute Gasteiger partial charge is 0.483 e. The van der Waals surface area contributed by atoms with E-state index in [0.717, 1.165) is 0 Å². The quantitative estimate of drug-likeness (QED) is 0.480. The summed E-state index contributed by atoms with van der Waals surface area (Å²) in [6.07, 6.45) is -0.204. The lowest BCUT2D eigenvalue weighted by Gasteiger charge is -2.18. The molecular weight excluding hydrogens is 130 g/mol. The monoisotopic (exact) mass is 145 g/mol. The van der Waals surface area contributed by atoms with Gasteiger partial charge in [0.25, 0.3) is 0 Å². The first-order valence-electron chi connectivity index (χ1n) is 3.28. The first-order valence-corrected chi connectivity index (χ1v) is 3.28. The Morgan fingerprint density at radius 2 is 1.80 bits per heavy atom. The molecule has 0 aliphatic heterocycles. The molecule has 0 aliphatic carbocycles. The van der Waals surface area contributed by atoms with Crippen LogP contribution >= 0.6 is 0 Å². The van der Waals surface area contributed by atoms with Crippen molar-refractivity contribution in [2.24, 2.45) is 5.92 Å². The highest BCUT2D eigenvalue weighted by Crippen LogP contribution is 2.06. The minimum atomic E-state index is -0.204. The van der Waals surface area contributed by atoms with Crippen LogP contribution < -0.4 is 0 Å². The SMILES string of the molecule is COC(=N)C(OC)C(C)C. The zero-order valence-corrected chi connectivity index (χ0v) is 6.97. The van der Waals surface area contributed by atoms with E-state index in [1.165, 1.54) is 7.11 Å². The van der Waals surface area contributed by atoms with Crippen LogP contribution in [0.4, 0.5) is 0 Å². The van der Waals surface area contributed by atoms with Gasteiger partial charge in [0.2, 0.25) is 5.90 Å². The van der Waals surface area contributed by atoms with E-state index < -0.39 is 0 Å². The molecule has 0 aromatic carbocycles. The van der Waals surface area contributed by atoms with E-state index in [-0.39, 0.29) is 17.9 Å². The van der Waals surface area contributed by atoms with Crippen LogP contribution in [0.3, 0.4) is 0 Å². The van der Waals surface area contributed by atoms with Gasteiger partial charge in [-0.2, -0.15) is 0 Å². The molecule has 0 bridgehead atoms. The summed E-state index contributed by atoms with van der Waals surface area (Å²) in [5, 5.41) is 7.28. The third-order valence-electron chi connectivity index (χ3n) is 1.34. The van der Waals surface area contributed by atoms with Gasteiger partial charge in [-0.3, -0.25) is 5.41 Å². The van der Waals surface area contributed by atoms with E-state index in [4.69, 9.17) is 14.9 Å². The maximum Gasteiger partial charge on any atom is 0.210 e. The van der Waals surface area contributed by atoms with Crippen molar-refractivity contribution in [1.29, 1.82) is 5.41 Å². The van der Waals surface area contributed by atoms with Crippen molar-refractivity contribution >= 4 is 5.90 Å². The fraction of sp³-hybridized carbons (Fsp3) is 0.857. The fourth-order valence-electron chi connectivity index (χ4n) is 0.798. The van der Waals surface area contributed by atoms with Crippen LogP contribution in [0.5, 0.6) is 0 Å². The smallest absolute Gasteiger partial charge is 0.210 e. The Labute approximate surface area is 61.8 Å². The molecule has 0 radical (unpaired) electrons. The Balaban J connectivity index is 3.93. The molecule has 60 valence electrons. The van der Waals surface area contributed by atoms with Crippen LogP contribution in [-0.2, 0) is 9.47 Å². The highest BCUT2D eigenvalue weighted by atomic mass is 16.5. The van der Waals surface area contributed by atoms with Crippen LogP contribution in [0.15, 0.2) is 0 Å². The van der Waals surface area contributed by atoms with Crippen molar-refractivity contribution in [3.63, 3.8) is 0 Å². The van der Waals surface area contributed by atoms with Crippen molar-refractivity contribution in [3.05, 3.63) is 0 Å². The fourth-order valence-corrected chi connectivity index (χ4v) is 0.798. The van der Waals surface area contributed by atoms with Gasteiger partial charge in [-0.1, -0.05) is 13.8 Å². The van der Waals surface area contributed by atoms with Gasteiger partial charge in [-0.15, -0.1) is 0 Å². The molecule has 1 atom stereocenters. The number of methoxy groups -OCH3 is 2. The van der Waals surface area contributed by atoms with Gasteiger partial charge < -0.3 is 9.47 Å². The van der Waals surface area contributed by atoms with Gasteiger partial charge in [-0.25, -0.2) is 0 Å². The van der Waals surface area contributed by atoms with Gasteiger partial charge >= 0.3 is 0 Å². The van der Waals surface area contributed by atoms with Gasteiger partial charge in [0.15, 0.2) is 0 Å². The minimum Gasteiger partial charge on any atom is -0.483 e. The second-order valence-electron chi connectivity index (χ2n) is 2.47. The molecule has 0 aliphatic rings. The van der Waals surface area contributed by atoms with Crippen molar-refractivity contribution in [2.45, 2.75) is 20.0 Å². The Hall–Kier alpha value is -0.570. The first kappa shape index (κ1) is 9.43. The summed E-state index contributed by atoms with van der Waals surface area (Å²) in [5.74, 6) is 0.481. The maximum absolute atomic E-state index is 7.28. The van der Waals surface area contributed by atoms with E-state index >= 15 is 0 Å². The molecule has 0 heterocycles. The molecule has 10 heavy (non-hydrogen) atoms. The van der Waals surface area contributed by atoms with Crippen molar-refractivity contribution in [2.75, 3.05) is 14.2 Å². The van der Waals surface area contributed by atoms with E-state index in [2.05, 4.69) is 0 Å². The van der Waals surface area contributed by atoms with E-state index in [1.54, 1.807) is 7.11 Å². The molecule has 0 saturated heterocycles. The summed E-state index contributed by atoms with van der Waals surface area (Å²) in [7, 11) is 3.06. The second-order valence-corrected chi connectivity index (χ2v) is 2.47. The maximum atomic E-state index is 7.28. The predicted octanol–water partition coefficient (Wildman–Crippen LogP) is 1.28. The lowest BCUT2D eigenvalue weighted by Crippen LogP contribution is -2.28. The number of rotatable bonds is 3. The van der Waals surface area contributed by atoms with Crippen LogP contribution in [-0.4, -0.2) is 26.2 Å². The van der Waals surface area contributed by atoms with Gasteiger partial charge in [0.1, 0.15) is 6.10 Å². The summed E-state index contributed by atoms with van der Waals surface area (Å²) in [6.45, 7) is 3.98. The lowest BCUT2D eigenvalue weighted by atomic mass is 10.1. The Morgan fingerprint density at radius 3 is 1.90 bits per heavy atom. The summed E-state index contributed by atoms with van der Waals surface area (Å²) in [4.78, 5) is 0. The molecule has 0 aromatic rings. The average Bonchev–Trinajstić information content (AvgIpc) is 1.88. The van der Waals surface area contributed by atoms with Gasteiger partial charge in [0, 0.05) is 7.11 Å². The Bertz CT molecular complexity index is 112. The van der Waals surface area contributed by atoms with Crippen LogP contribution in [0.2, 0.25) is 0 Å². The molecular formula is C7H15NO2. The summed E-state index contributed by atoms with van der Waals surface area (Å²) < 4.78 is 9.74. The highest BCUT2D eigenvalue weighted by Gasteiger charge is 2.17. The number of hydrogen-bond acceptors (Lipinski definition) is 3. The summed E-state index contributed by atoms with van der Waals surface area (Å²) >= 11 is 0. The van der Waals surface area contributed by atoms with Crippen LogP contribution in [0.1, 0.15) is 13.8 Å². The second kappa shape index (κ2) is 4.28. The normalized spacial score (nSPS) is 13.3. The number of hydrogen-bond donors (Lipinski definition) is 1. The predicted molar refractivity (Wildman–Crippen MR) is 40.4 cm³/mol. The molecule has 0 aromatic heterocycles. The molecule has 0 fully saturated rings. The Morgan fingerprint density at radius 1 is 1.30 bits per heavy atom. The zero-order valence-electron chi connectivity index (χ0n) is 6.97. The van der Waals surface area contributed by atoms with Crippen LogP contribution in [0, 0.1) is 11.3 Å². The molecule has 1 N–H and O–H groups in total. The molecule has 3 heteroatoms. The lowest BCUT2D eigenvalue weighted by molar-refractivity contribution is 0.0973. The van der Waals surface area contributed by atoms with Crippen LogP contribution in [0.25, 0.3) is 0 Å². The minimum absolute atomic E-state index is 0.192. The highest BCUT2D eigenvalue weighted by molar-refractivity contribution is 5.77. The average molecular weight is 145 g/mol. The van der Waals surface area contributed by atoms with Gasteiger partial charge in [0.05, 0.1) is 7.11 Å². The molecule has 1 unspecified atom stereocenters. The summed E-state index contributed by atoms with van der Waals surface area (Å²) in [6, 6.07) is 0. The first-order chi connectivity index (χ1) is 4.63. The molecule has 0 saturated carbocycles. The van der Waals surface area contributed by atoms with E-state index in [9.17, 15) is 0 Å². The molecule has 3 nitrogen and oxygen atoms in total. The molecule has 0 amide bonds. The molecule has 0 spiro atoms. The van der Waals surface area contributed by atoms with Crippen molar-refractivity contribution in [3.8, 4) is 0 Å². The molecule has 0 rings (SSSR count). The number of ether oxygens (including phenoxy) is 2.